The Bertz CT molecular complexity index is 511. The third-order valence-corrected chi connectivity index (χ3v) is 3.12. The Labute approximate surface area is 123 Å². The van der Waals surface area contributed by atoms with Gasteiger partial charge in [0, 0.05) is 13.0 Å². The van der Waals surface area contributed by atoms with Gasteiger partial charge < -0.3 is 15.2 Å². The van der Waals surface area contributed by atoms with Gasteiger partial charge in [-0.25, -0.2) is 0 Å². The SMILES string of the molecule is C=C1CCC(=O)C(C(=O)NCC(C)(C)O)=C1CC(=O)OC. The van der Waals surface area contributed by atoms with Crippen LogP contribution in [0.25, 0.3) is 0 Å². The number of rotatable bonds is 5. The van der Waals surface area contributed by atoms with Crippen molar-refractivity contribution in [3.8, 4) is 0 Å². The van der Waals surface area contributed by atoms with Crippen molar-refractivity contribution in [2.75, 3.05) is 13.7 Å². The second-order valence-corrected chi connectivity index (χ2v) is 5.63. The maximum absolute atomic E-state index is 12.2. The van der Waals surface area contributed by atoms with Gasteiger partial charge in [-0.3, -0.25) is 14.4 Å². The first-order valence-corrected chi connectivity index (χ1v) is 6.67. The van der Waals surface area contributed by atoms with E-state index in [4.69, 9.17) is 0 Å². The minimum Gasteiger partial charge on any atom is -0.469 e. The largest absolute Gasteiger partial charge is 0.469 e. The van der Waals surface area contributed by atoms with Crippen LogP contribution in [-0.4, -0.2) is 42.0 Å². The van der Waals surface area contributed by atoms with Crippen molar-refractivity contribution in [1.29, 1.82) is 0 Å². The molecule has 0 fully saturated rings. The monoisotopic (exact) mass is 295 g/mol. The Hall–Kier alpha value is -1.95. The molecule has 116 valence electrons. The highest BCUT2D eigenvalue weighted by atomic mass is 16.5. The number of nitrogens with one attached hydrogen (secondary N) is 1. The highest BCUT2D eigenvalue weighted by Gasteiger charge is 2.30. The molecule has 1 aliphatic carbocycles. The molecule has 0 unspecified atom stereocenters. The molecule has 0 saturated heterocycles. The zero-order chi connectivity index (χ0) is 16.2. The van der Waals surface area contributed by atoms with Crippen LogP contribution in [0, 0.1) is 0 Å². The first-order valence-electron chi connectivity index (χ1n) is 6.67. The smallest absolute Gasteiger partial charge is 0.310 e. The summed E-state index contributed by atoms with van der Waals surface area (Å²) in [5.74, 6) is -1.45. The van der Waals surface area contributed by atoms with Crippen LogP contribution in [0.5, 0.6) is 0 Å². The molecular formula is C15H21NO5. The molecule has 0 atom stereocenters. The molecule has 0 bridgehead atoms. The summed E-state index contributed by atoms with van der Waals surface area (Å²) < 4.78 is 4.58. The Morgan fingerprint density at radius 2 is 2.00 bits per heavy atom. The maximum Gasteiger partial charge on any atom is 0.310 e. The van der Waals surface area contributed by atoms with Gasteiger partial charge in [-0.15, -0.1) is 0 Å². The minimum absolute atomic E-state index is 0.000589. The average molecular weight is 295 g/mol. The fourth-order valence-electron chi connectivity index (χ4n) is 1.96. The van der Waals surface area contributed by atoms with Crippen molar-refractivity contribution >= 4 is 17.7 Å². The molecular weight excluding hydrogens is 274 g/mol. The summed E-state index contributed by atoms with van der Waals surface area (Å²) in [4.78, 5) is 35.6. The Balaban J connectivity index is 3.05. The van der Waals surface area contributed by atoms with Gasteiger partial charge in [-0.2, -0.15) is 0 Å². The van der Waals surface area contributed by atoms with E-state index in [-0.39, 0.29) is 30.7 Å². The molecule has 6 nitrogen and oxygen atoms in total. The fourth-order valence-corrected chi connectivity index (χ4v) is 1.96. The van der Waals surface area contributed by atoms with Crippen LogP contribution in [0.15, 0.2) is 23.3 Å². The van der Waals surface area contributed by atoms with E-state index in [0.29, 0.717) is 17.6 Å². The van der Waals surface area contributed by atoms with E-state index in [0.717, 1.165) is 0 Å². The summed E-state index contributed by atoms with van der Waals surface area (Å²) >= 11 is 0. The van der Waals surface area contributed by atoms with E-state index in [1.165, 1.54) is 7.11 Å². The molecule has 0 heterocycles. The molecule has 0 aromatic heterocycles. The molecule has 0 aromatic carbocycles. The summed E-state index contributed by atoms with van der Waals surface area (Å²) in [7, 11) is 1.24. The molecule has 0 radical (unpaired) electrons. The first-order chi connectivity index (χ1) is 9.65. The lowest BCUT2D eigenvalue weighted by molar-refractivity contribution is -0.139. The van der Waals surface area contributed by atoms with Crippen molar-refractivity contribution in [3.05, 3.63) is 23.3 Å². The average Bonchev–Trinajstić information content (AvgIpc) is 2.39. The van der Waals surface area contributed by atoms with Crippen LogP contribution >= 0.6 is 0 Å². The number of carbonyl (C=O) groups is 3. The molecule has 0 aliphatic heterocycles. The number of amides is 1. The van der Waals surface area contributed by atoms with Crippen molar-refractivity contribution in [3.63, 3.8) is 0 Å². The van der Waals surface area contributed by atoms with Gasteiger partial charge in [0.25, 0.3) is 5.91 Å². The van der Waals surface area contributed by atoms with Gasteiger partial charge in [0.1, 0.15) is 0 Å². The molecule has 0 saturated carbocycles. The van der Waals surface area contributed by atoms with E-state index < -0.39 is 17.5 Å². The highest BCUT2D eigenvalue weighted by molar-refractivity contribution is 6.21. The van der Waals surface area contributed by atoms with E-state index in [9.17, 15) is 19.5 Å². The van der Waals surface area contributed by atoms with Crippen LogP contribution in [0.1, 0.15) is 33.1 Å². The summed E-state index contributed by atoms with van der Waals surface area (Å²) in [5, 5.41) is 12.1. The number of hydrogen-bond donors (Lipinski definition) is 2. The molecule has 2 N–H and O–H groups in total. The molecule has 1 amide bonds. The van der Waals surface area contributed by atoms with Gasteiger partial charge in [0.2, 0.25) is 0 Å². The number of Topliss-reactive ketones (excluding diaryl/α,β-unsaturated/α-hetero) is 1. The number of allylic oxidation sites excluding steroid dienone is 1. The molecule has 1 aliphatic rings. The van der Waals surface area contributed by atoms with Crippen molar-refractivity contribution in [2.45, 2.75) is 38.7 Å². The van der Waals surface area contributed by atoms with E-state index in [2.05, 4.69) is 16.6 Å². The quantitative estimate of drug-likeness (QED) is 0.574. The number of ether oxygens (including phenoxy) is 1. The summed E-state index contributed by atoms with van der Waals surface area (Å²) in [6.07, 6.45) is 0.453. The molecule has 6 heteroatoms. The third kappa shape index (κ3) is 4.82. The predicted octanol–water partition coefficient (Wildman–Crippen LogP) is 0.652. The fraction of sp³-hybridized carbons (Fsp3) is 0.533. The highest BCUT2D eigenvalue weighted by Crippen LogP contribution is 2.29. The van der Waals surface area contributed by atoms with Gasteiger partial charge in [0.05, 0.1) is 24.7 Å². The molecule has 0 aromatic rings. The Morgan fingerprint density at radius 3 is 2.52 bits per heavy atom. The number of hydrogen-bond acceptors (Lipinski definition) is 5. The minimum atomic E-state index is -1.09. The van der Waals surface area contributed by atoms with Gasteiger partial charge >= 0.3 is 5.97 Å². The predicted molar refractivity (Wildman–Crippen MR) is 76.3 cm³/mol. The second-order valence-electron chi connectivity index (χ2n) is 5.63. The number of methoxy groups -OCH3 is 1. The van der Waals surface area contributed by atoms with Crippen molar-refractivity contribution in [1.82, 2.24) is 5.32 Å². The van der Waals surface area contributed by atoms with Crippen LogP contribution in [0.3, 0.4) is 0 Å². The van der Waals surface area contributed by atoms with Crippen LogP contribution in [0.4, 0.5) is 0 Å². The summed E-state index contributed by atoms with van der Waals surface area (Å²) in [6, 6.07) is 0. The number of aliphatic hydroxyl groups is 1. The lowest BCUT2D eigenvalue weighted by atomic mass is 9.85. The Kier molecular flexibility index (Phi) is 5.43. The second kappa shape index (κ2) is 6.67. The lowest BCUT2D eigenvalue weighted by Crippen LogP contribution is -2.40. The lowest BCUT2D eigenvalue weighted by Gasteiger charge is -2.22. The number of ketones is 1. The third-order valence-electron chi connectivity index (χ3n) is 3.12. The molecule has 21 heavy (non-hydrogen) atoms. The van der Waals surface area contributed by atoms with Crippen molar-refractivity contribution < 1.29 is 24.2 Å². The van der Waals surface area contributed by atoms with E-state index >= 15 is 0 Å². The zero-order valence-corrected chi connectivity index (χ0v) is 12.6. The molecule has 1 rings (SSSR count). The normalized spacial score (nSPS) is 16.0. The standard InChI is InChI=1S/C15H21NO5/c1-9-5-6-11(17)13(10(9)7-12(18)21-4)14(19)16-8-15(2,3)20/h20H,1,5-8H2,2-4H3,(H,16,19). The van der Waals surface area contributed by atoms with E-state index in [1.54, 1.807) is 13.8 Å². The first kappa shape index (κ1) is 17.1. The summed E-state index contributed by atoms with van der Waals surface area (Å²) in [6.45, 7) is 6.89. The zero-order valence-electron chi connectivity index (χ0n) is 12.6. The van der Waals surface area contributed by atoms with Gasteiger partial charge in [-0.05, 0) is 25.8 Å². The summed E-state index contributed by atoms with van der Waals surface area (Å²) in [5.41, 5.74) is -0.228. The van der Waals surface area contributed by atoms with Crippen LogP contribution in [0.2, 0.25) is 0 Å². The van der Waals surface area contributed by atoms with E-state index in [1.807, 2.05) is 0 Å². The van der Waals surface area contributed by atoms with Crippen LogP contribution in [-0.2, 0) is 19.1 Å². The van der Waals surface area contributed by atoms with Gasteiger partial charge in [0.15, 0.2) is 5.78 Å². The van der Waals surface area contributed by atoms with Crippen molar-refractivity contribution in [2.24, 2.45) is 0 Å². The number of esters is 1. The topological polar surface area (TPSA) is 92.7 Å². The number of carbonyl (C=O) groups excluding carboxylic acids is 3. The maximum atomic E-state index is 12.2. The van der Waals surface area contributed by atoms with Gasteiger partial charge in [-0.1, -0.05) is 12.2 Å². The molecule has 0 spiro atoms. The Morgan fingerprint density at radius 1 is 1.38 bits per heavy atom. The van der Waals surface area contributed by atoms with Crippen LogP contribution < -0.4 is 5.32 Å².